The minimum Gasteiger partial charge on any atom is -0.207 e. The zero-order valence-electron chi connectivity index (χ0n) is 8.19. The van der Waals surface area contributed by atoms with Gasteiger partial charge in [0.1, 0.15) is 0 Å². The fourth-order valence-corrected chi connectivity index (χ4v) is 1.51. The van der Waals surface area contributed by atoms with E-state index in [4.69, 9.17) is 0 Å². The summed E-state index contributed by atoms with van der Waals surface area (Å²) < 4.78 is 25.7. The van der Waals surface area contributed by atoms with Gasteiger partial charge in [-0.1, -0.05) is 37.1 Å². The number of hydrogen-bond acceptors (Lipinski definition) is 0. The quantitative estimate of drug-likeness (QED) is 0.626. The summed E-state index contributed by atoms with van der Waals surface area (Å²) in [5, 5.41) is 0. The van der Waals surface area contributed by atoms with Crippen molar-refractivity contribution in [2.24, 2.45) is 5.92 Å². The SMILES string of the molecule is CCCC1=CCC(C(C)(F)F)C=C1. The van der Waals surface area contributed by atoms with Gasteiger partial charge in [0.15, 0.2) is 0 Å². The topological polar surface area (TPSA) is 0 Å². The molecule has 0 saturated carbocycles. The molecule has 0 amide bonds. The largest absolute Gasteiger partial charge is 0.251 e. The Balaban J connectivity index is 2.53. The van der Waals surface area contributed by atoms with E-state index < -0.39 is 11.8 Å². The second-order valence-electron chi connectivity index (χ2n) is 3.69. The predicted octanol–water partition coefficient (Wildman–Crippen LogP) is 3.94. The summed E-state index contributed by atoms with van der Waals surface area (Å²) in [6.07, 6.45) is 7.98. The van der Waals surface area contributed by atoms with Crippen LogP contribution in [-0.2, 0) is 0 Å². The Bertz CT molecular complexity index is 221. The maximum Gasteiger partial charge on any atom is 0.251 e. The maximum absolute atomic E-state index is 12.8. The number of hydrogen-bond donors (Lipinski definition) is 0. The van der Waals surface area contributed by atoms with Crippen molar-refractivity contribution in [1.82, 2.24) is 0 Å². The number of halogens is 2. The molecule has 0 spiro atoms. The molecule has 13 heavy (non-hydrogen) atoms. The van der Waals surface area contributed by atoms with Gasteiger partial charge in [-0.2, -0.15) is 0 Å². The van der Waals surface area contributed by atoms with Gasteiger partial charge in [-0.3, -0.25) is 0 Å². The first-order chi connectivity index (χ1) is 6.04. The molecule has 0 aromatic heterocycles. The lowest BCUT2D eigenvalue weighted by Crippen LogP contribution is -2.23. The van der Waals surface area contributed by atoms with E-state index in [1.165, 1.54) is 5.57 Å². The molecular formula is C11H16F2. The molecule has 0 aromatic carbocycles. The van der Waals surface area contributed by atoms with Gasteiger partial charge in [0.2, 0.25) is 0 Å². The highest BCUT2D eigenvalue weighted by atomic mass is 19.3. The van der Waals surface area contributed by atoms with Crippen molar-refractivity contribution in [1.29, 1.82) is 0 Å². The molecule has 74 valence electrons. The molecule has 2 heteroatoms. The van der Waals surface area contributed by atoms with Crippen molar-refractivity contribution in [2.45, 2.75) is 39.0 Å². The average molecular weight is 186 g/mol. The Morgan fingerprint density at radius 1 is 1.54 bits per heavy atom. The highest BCUT2D eigenvalue weighted by Gasteiger charge is 2.31. The lowest BCUT2D eigenvalue weighted by Gasteiger charge is -2.22. The Kier molecular flexibility index (Phi) is 3.23. The molecule has 0 fully saturated rings. The van der Waals surface area contributed by atoms with Crippen LogP contribution in [0.4, 0.5) is 8.78 Å². The molecule has 0 bridgehead atoms. The van der Waals surface area contributed by atoms with Gasteiger partial charge in [-0.05, 0) is 19.8 Å². The number of allylic oxidation sites excluding steroid dienone is 4. The summed E-state index contributed by atoms with van der Waals surface area (Å²) in [6.45, 7) is 3.08. The van der Waals surface area contributed by atoms with Crippen LogP contribution in [0, 0.1) is 5.92 Å². The predicted molar refractivity (Wildman–Crippen MR) is 50.9 cm³/mol. The third-order valence-electron chi connectivity index (χ3n) is 2.37. The van der Waals surface area contributed by atoms with Crippen LogP contribution in [0.15, 0.2) is 23.8 Å². The van der Waals surface area contributed by atoms with Crippen LogP contribution in [0.1, 0.15) is 33.1 Å². The van der Waals surface area contributed by atoms with Crippen molar-refractivity contribution in [3.63, 3.8) is 0 Å². The van der Waals surface area contributed by atoms with Crippen molar-refractivity contribution in [3.05, 3.63) is 23.8 Å². The summed E-state index contributed by atoms with van der Waals surface area (Å²) in [5.41, 5.74) is 1.20. The number of alkyl halides is 2. The van der Waals surface area contributed by atoms with Crippen molar-refractivity contribution < 1.29 is 8.78 Å². The fraction of sp³-hybridized carbons (Fsp3) is 0.636. The van der Waals surface area contributed by atoms with Crippen LogP contribution in [0.25, 0.3) is 0 Å². The fourth-order valence-electron chi connectivity index (χ4n) is 1.51. The monoisotopic (exact) mass is 186 g/mol. The van der Waals surface area contributed by atoms with E-state index in [9.17, 15) is 8.78 Å². The summed E-state index contributed by atoms with van der Waals surface area (Å²) >= 11 is 0. The Morgan fingerprint density at radius 3 is 2.62 bits per heavy atom. The number of rotatable bonds is 3. The van der Waals surface area contributed by atoms with Gasteiger partial charge >= 0.3 is 0 Å². The van der Waals surface area contributed by atoms with E-state index in [0.717, 1.165) is 19.8 Å². The Labute approximate surface area is 78.3 Å². The minimum absolute atomic E-state index is 0.481. The molecule has 0 aromatic rings. The van der Waals surface area contributed by atoms with E-state index in [1.807, 2.05) is 12.2 Å². The summed E-state index contributed by atoms with van der Waals surface area (Å²) in [6, 6.07) is 0. The van der Waals surface area contributed by atoms with Gasteiger partial charge in [-0.25, -0.2) is 8.78 Å². The molecule has 0 heterocycles. The molecule has 1 aliphatic carbocycles. The maximum atomic E-state index is 12.8. The summed E-state index contributed by atoms with van der Waals surface area (Å²) in [7, 11) is 0. The van der Waals surface area contributed by atoms with Crippen LogP contribution < -0.4 is 0 Å². The molecule has 0 aliphatic heterocycles. The first-order valence-corrected chi connectivity index (χ1v) is 4.79. The normalized spacial score (nSPS) is 23.1. The second-order valence-corrected chi connectivity index (χ2v) is 3.69. The molecule has 1 unspecified atom stereocenters. The van der Waals surface area contributed by atoms with Crippen molar-refractivity contribution in [2.75, 3.05) is 0 Å². The molecular weight excluding hydrogens is 170 g/mol. The molecule has 1 aliphatic rings. The molecule has 0 nitrogen and oxygen atoms in total. The lowest BCUT2D eigenvalue weighted by molar-refractivity contribution is -0.0202. The first kappa shape index (κ1) is 10.4. The van der Waals surface area contributed by atoms with Gasteiger partial charge in [0.25, 0.3) is 5.92 Å². The van der Waals surface area contributed by atoms with Crippen LogP contribution in [0.5, 0.6) is 0 Å². The lowest BCUT2D eigenvalue weighted by atomic mass is 9.91. The van der Waals surface area contributed by atoms with Crippen LogP contribution in [0.2, 0.25) is 0 Å². The van der Waals surface area contributed by atoms with Gasteiger partial charge in [-0.15, -0.1) is 0 Å². The van der Waals surface area contributed by atoms with Crippen LogP contribution >= 0.6 is 0 Å². The van der Waals surface area contributed by atoms with E-state index in [0.29, 0.717) is 6.42 Å². The molecule has 0 N–H and O–H groups in total. The Morgan fingerprint density at radius 2 is 2.23 bits per heavy atom. The third kappa shape index (κ3) is 2.94. The molecule has 0 saturated heterocycles. The van der Waals surface area contributed by atoms with Crippen molar-refractivity contribution in [3.8, 4) is 0 Å². The molecule has 1 atom stereocenters. The summed E-state index contributed by atoms with van der Waals surface area (Å²) in [4.78, 5) is 0. The highest BCUT2D eigenvalue weighted by molar-refractivity contribution is 5.24. The van der Waals surface area contributed by atoms with Gasteiger partial charge in [0, 0.05) is 5.92 Å². The standard InChI is InChI=1S/C11H16F2/c1-3-4-9-5-7-10(8-6-9)11(2,12)13/h5-7,10H,3-4,8H2,1-2H3. The first-order valence-electron chi connectivity index (χ1n) is 4.79. The molecule has 0 radical (unpaired) electrons. The second kappa shape index (κ2) is 4.03. The minimum atomic E-state index is -2.58. The average Bonchev–Trinajstić information content (AvgIpc) is 2.04. The zero-order chi connectivity index (χ0) is 9.90. The van der Waals surface area contributed by atoms with Gasteiger partial charge in [0.05, 0.1) is 0 Å². The van der Waals surface area contributed by atoms with E-state index in [2.05, 4.69) is 6.92 Å². The highest BCUT2D eigenvalue weighted by Crippen LogP contribution is 2.32. The Hall–Kier alpha value is -0.660. The van der Waals surface area contributed by atoms with E-state index in [-0.39, 0.29) is 0 Å². The van der Waals surface area contributed by atoms with Crippen molar-refractivity contribution >= 4 is 0 Å². The van der Waals surface area contributed by atoms with E-state index in [1.54, 1.807) is 6.08 Å². The molecule has 1 rings (SSSR count). The van der Waals surface area contributed by atoms with Crippen LogP contribution in [0.3, 0.4) is 0 Å². The summed E-state index contributed by atoms with van der Waals surface area (Å²) in [5.74, 6) is -3.18. The smallest absolute Gasteiger partial charge is 0.207 e. The van der Waals surface area contributed by atoms with Crippen LogP contribution in [-0.4, -0.2) is 5.92 Å². The van der Waals surface area contributed by atoms with E-state index >= 15 is 0 Å². The zero-order valence-corrected chi connectivity index (χ0v) is 8.19. The van der Waals surface area contributed by atoms with Gasteiger partial charge < -0.3 is 0 Å². The third-order valence-corrected chi connectivity index (χ3v) is 2.37.